The normalized spacial score (nSPS) is 18.6. The summed E-state index contributed by atoms with van der Waals surface area (Å²) < 4.78 is 0. The van der Waals surface area contributed by atoms with Gasteiger partial charge in [-0.1, -0.05) is 30.3 Å². The minimum Gasteiger partial charge on any atom is -0.322 e. The zero-order chi connectivity index (χ0) is 12.5. The summed E-state index contributed by atoms with van der Waals surface area (Å²) in [5.41, 5.74) is 8.26. The lowest BCUT2D eigenvalue weighted by molar-refractivity contribution is -0.117. The highest BCUT2D eigenvalue weighted by molar-refractivity contribution is 7.13. The van der Waals surface area contributed by atoms with Crippen LogP contribution >= 0.6 is 11.3 Å². The smallest absolute Gasteiger partial charge is 0.263 e. The van der Waals surface area contributed by atoms with Crippen molar-refractivity contribution in [2.24, 2.45) is 10.7 Å². The van der Waals surface area contributed by atoms with E-state index in [1.807, 2.05) is 41.8 Å². The van der Waals surface area contributed by atoms with Crippen LogP contribution in [0.15, 0.2) is 46.8 Å². The minimum absolute atomic E-state index is 0.277. The first-order valence-electron chi connectivity index (χ1n) is 5.53. The van der Waals surface area contributed by atoms with E-state index in [0.29, 0.717) is 0 Å². The Bertz CT molecular complexity index is 618. The molecule has 1 aromatic carbocycles. The van der Waals surface area contributed by atoms with E-state index in [0.717, 1.165) is 21.8 Å². The molecule has 2 aromatic rings. The number of thiophene rings is 1. The van der Waals surface area contributed by atoms with Gasteiger partial charge in [0, 0.05) is 5.56 Å². The first-order valence-corrected chi connectivity index (χ1v) is 6.41. The number of hydrogen-bond acceptors (Lipinski definition) is 4. The fourth-order valence-corrected chi connectivity index (χ4v) is 2.72. The highest BCUT2D eigenvalue weighted by Gasteiger charge is 2.23. The third-order valence-corrected chi connectivity index (χ3v) is 3.64. The van der Waals surface area contributed by atoms with Crippen LogP contribution in [0.1, 0.15) is 10.4 Å². The van der Waals surface area contributed by atoms with Crippen LogP contribution in [0, 0.1) is 0 Å². The third-order valence-electron chi connectivity index (χ3n) is 2.72. The monoisotopic (exact) mass is 257 g/mol. The van der Waals surface area contributed by atoms with Gasteiger partial charge in [0.2, 0.25) is 0 Å². The van der Waals surface area contributed by atoms with Crippen LogP contribution in [0.25, 0.3) is 0 Å². The van der Waals surface area contributed by atoms with Gasteiger partial charge in [0.25, 0.3) is 5.91 Å². The molecule has 0 saturated heterocycles. The highest BCUT2D eigenvalue weighted by atomic mass is 32.1. The SMILES string of the molecule is NC1N=C(c2ccccc2)c2sccc2NC1=O. The zero-order valence-electron chi connectivity index (χ0n) is 9.46. The van der Waals surface area contributed by atoms with Crippen LogP contribution in [0.2, 0.25) is 0 Å². The average Bonchev–Trinajstić information content (AvgIpc) is 2.80. The maximum absolute atomic E-state index is 11.7. The molecular weight excluding hydrogens is 246 g/mol. The molecule has 1 aromatic heterocycles. The highest BCUT2D eigenvalue weighted by Crippen LogP contribution is 2.28. The van der Waals surface area contributed by atoms with Crippen LogP contribution in [0.4, 0.5) is 5.69 Å². The summed E-state index contributed by atoms with van der Waals surface area (Å²) in [7, 11) is 0. The molecule has 1 amide bonds. The molecule has 4 nitrogen and oxygen atoms in total. The van der Waals surface area contributed by atoms with Crippen molar-refractivity contribution >= 4 is 28.6 Å². The van der Waals surface area contributed by atoms with Crippen molar-refractivity contribution in [2.45, 2.75) is 6.17 Å². The van der Waals surface area contributed by atoms with Crippen LogP contribution in [-0.2, 0) is 4.79 Å². The van der Waals surface area contributed by atoms with E-state index in [-0.39, 0.29) is 5.91 Å². The molecule has 0 saturated carbocycles. The summed E-state index contributed by atoms with van der Waals surface area (Å²) in [5.74, 6) is -0.277. The van der Waals surface area contributed by atoms with E-state index in [4.69, 9.17) is 5.73 Å². The van der Waals surface area contributed by atoms with Gasteiger partial charge in [-0.3, -0.25) is 9.79 Å². The lowest BCUT2D eigenvalue weighted by atomic mass is 10.1. The summed E-state index contributed by atoms with van der Waals surface area (Å²) in [6, 6.07) is 11.6. The van der Waals surface area contributed by atoms with E-state index >= 15 is 0 Å². The van der Waals surface area contributed by atoms with Gasteiger partial charge in [-0.05, 0) is 11.4 Å². The Balaban J connectivity index is 2.18. The van der Waals surface area contributed by atoms with Gasteiger partial charge in [0.1, 0.15) is 0 Å². The Morgan fingerprint density at radius 1 is 1.22 bits per heavy atom. The van der Waals surface area contributed by atoms with Crippen LogP contribution in [0.5, 0.6) is 0 Å². The molecule has 90 valence electrons. The number of amides is 1. The Hall–Kier alpha value is -1.98. The number of rotatable bonds is 1. The second kappa shape index (κ2) is 4.36. The zero-order valence-corrected chi connectivity index (χ0v) is 10.3. The van der Waals surface area contributed by atoms with Gasteiger partial charge in [0.05, 0.1) is 16.3 Å². The average molecular weight is 257 g/mol. The molecule has 0 aliphatic carbocycles. The van der Waals surface area contributed by atoms with Crippen molar-refractivity contribution in [3.05, 3.63) is 52.2 Å². The number of nitrogens with two attached hydrogens (primary N) is 1. The maximum atomic E-state index is 11.7. The molecule has 2 heterocycles. The van der Waals surface area contributed by atoms with Gasteiger partial charge in [-0.25, -0.2) is 0 Å². The number of benzene rings is 1. The predicted molar refractivity (Wildman–Crippen MR) is 73.0 cm³/mol. The van der Waals surface area contributed by atoms with Crippen LogP contribution in [-0.4, -0.2) is 17.8 Å². The number of carbonyl (C=O) groups excluding carboxylic acids is 1. The van der Waals surface area contributed by atoms with E-state index < -0.39 is 6.17 Å². The Labute approximate surface area is 108 Å². The molecule has 1 atom stereocenters. The molecule has 1 aliphatic rings. The Morgan fingerprint density at radius 2 is 2.00 bits per heavy atom. The van der Waals surface area contributed by atoms with E-state index in [2.05, 4.69) is 10.3 Å². The molecule has 18 heavy (non-hydrogen) atoms. The largest absolute Gasteiger partial charge is 0.322 e. The van der Waals surface area contributed by atoms with Gasteiger partial charge in [-0.15, -0.1) is 11.3 Å². The summed E-state index contributed by atoms with van der Waals surface area (Å²) in [6.07, 6.45) is -0.861. The van der Waals surface area contributed by atoms with Gasteiger partial charge in [0.15, 0.2) is 6.17 Å². The molecule has 0 radical (unpaired) electrons. The van der Waals surface area contributed by atoms with Crippen molar-refractivity contribution in [1.29, 1.82) is 0 Å². The molecule has 0 spiro atoms. The number of aliphatic imine (C=N–C) groups is 1. The number of anilines is 1. The molecule has 3 rings (SSSR count). The Morgan fingerprint density at radius 3 is 2.78 bits per heavy atom. The quantitative estimate of drug-likeness (QED) is 0.818. The van der Waals surface area contributed by atoms with Crippen LogP contribution < -0.4 is 11.1 Å². The first kappa shape index (κ1) is 11.1. The van der Waals surface area contributed by atoms with E-state index in [1.165, 1.54) is 0 Å². The van der Waals surface area contributed by atoms with Gasteiger partial charge >= 0.3 is 0 Å². The minimum atomic E-state index is -0.861. The molecule has 0 fully saturated rings. The lowest BCUT2D eigenvalue weighted by Crippen LogP contribution is -2.33. The summed E-state index contributed by atoms with van der Waals surface area (Å²) in [4.78, 5) is 17.0. The fourth-order valence-electron chi connectivity index (χ4n) is 1.86. The Kier molecular flexibility index (Phi) is 2.70. The van der Waals surface area contributed by atoms with Gasteiger partial charge in [-0.2, -0.15) is 0 Å². The van der Waals surface area contributed by atoms with Crippen molar-refractivity contribution < 1.29 is 4.79 Å². The fraction of sp³-hybridized carbons (Fsp3) is 0.0769. The second-order valence-corrected chi connectivity index (χ2v) is 4.86. The number of nitrogens with zero attached hydrogens (tertiary/aromatic N) is 1. The molecule has 5 heteroatoms. The summed E-state index contributed by atoms with van der Waals surface area (Å²) in [6.45, 7) is 0. The summed E-state index contributed by atoms with van der Waals surface area (Å²) in [5, 5.41) is 4.71. The second-order valence-electron chi connectivity index (χ2n) is 3.94. The topological polar surface area (TPSA) is 67.5 Å². The molecular formula is C13H11N3OS. The van der Waals surface area contributed by atoms with Crippen molar-refractivity contribution in [1.82, 2.24) is 0 Å². The number of nitrogens with one attached hydrogen (secondary N) is 1. The van der Waals surface area contributed by atoms with Gasteiger partial charge < -0.3 is 11.1 Å². The number of hydrogen-bond donors (Lipinski definition) is 2. The molecule has 3 N–H and O–H groups in total. The number of carbonyl (C=O) groups is 1. The maximum Gasteiger partial charge on any atom is 0.263 e. The van der Waals surface area contributed by atoms with Crippen molar-refractivity contribution in [2.75, 3.05) is 5.32 Å². The van der Waals surface area contributed by atoms with Crippen molar-refractivity contribution in [3.63, 3.8) is 0 Å². The predicted octanol–water partition coefficient (Wildman–Crippen LogP) is 1.82. The van der Waals surface area contributed by atoms with E-state index in [1.54, 1.807) is 11.3 Å². The number of fused-ring (bicyclic) bond motifs is 1. The standard InChI is InChI=1S/C13H11N3OS/c14-12-13(17)15-9-6-7-18-11(9)10(16-12)8-4-2-1-3-5-8/h1-7,12H,14H2,(H,15,17). The molecule has 1 unspecified atom stereocenters. The first-order chi connectivity index (χ1) is 8.75. The lowest BCUT2D eigenvalue weighted by Gasteiger charge is -2.05. The van der Waals surface area contributed by atoms with Crippen LogP contribution in [0.3, 0.4) is 0 Å². The van der Waals surface area contributed by atoms with E-state index in [9.17, 15) is 4.79 Å². The molecule has 0 bridgehead atoms. The third kappa shape index (κ3) is 1.83. The molecule has 1 aliphatic heterocycles. The summed E-state index contributed by atoms with van der Waals surface area (Å²) >= 11 is 1.54. The van der Waals surface area contributed by atoms with Crippen molar-refractivity contribution in [3.8, 4) is 0 Å².